The van der Waals surface area contributed by atoms with Crippen molar-refractivity contribution in [3.05, 3.63) is 71.0 Å². The summed E-state index contributed by atoms with van der Waals surface area (Å²) in [6.45, 7) is 0. The van der Waals surface area contributed by atoms with Crippen molar-refractivity contribution in [1.29, 1.82) is 0 Å². The minimum atomic E-state index is -0.278. The quantitative estimate of drug-likeness (QED) is 0.821. The second-order valence-electron chi connectivity index (χ2n) is 5.15. The summed E-state index contributed by atoms with van der Waals surface area (Å²) in [5.41, 5.74) is 3.32. The molecule has 96 valence electrons. The summed E-state index contributed by atoms with van der Waals surface area (Å²) >= 11 is 0. The topological polar surface area (TPSA) is 17.1 Å². The predicted octanol–water partition coefficient (Wildman–Crippen LogP) is 3.35. The van der Waals surface area contributed by atoms with E-state index in [-0.39, 0.29) is 17.5 Å². The number of fused-ring (bicyclic) bond motifs is 1. The summed E-state index contributed by atoms with van der Waals surface area (Å²) < 4.78 is 13.1. The van der Waals surface area contributed by atoms with Gasteiger partial charge in [-0.05, 0) is 41.7 Å². The van der Waals surface area contributed by atoms with Gasteiger partial charge in [-0.25, -0.2) is 4.39 Å². The standard InChI is InChI=1S/C17H15FO/c18-16-7-3-4-12(8-16)9-17(19)15-10-13-5-1-2-6-14(13)11-15/h1-8,15H,9-11H2. The molecule has 0 fully saturated rings. The highest BCUT2D eigenvalue weighted by atomic mass is 19.1. The minimum Gasteiger partial charge on any atom is -0.299 e. The van der Waals surface area contributed by atoms with Crippen LogP contribution in [0.5, 0.6) is 0 Å². The summed E-state index contributed by atoms with van der Waals surface area (Å²) in [5.74, 6) is -0.0116. The molecular formula is C17H15FO. The fourth-order valence-corrected chi connectivity index (χ4v) is 2.78. The van der Waals surface area contributed by atoms with Crippen molar-refractivity contribution in [2.24, 2.45) is 5.92 Å². The normalized spacial score (nSPS) is 14.4. The zero-order chi connectivity index (χ0) is 13.2. The second kappa shape index (κ2) is 4.96. The Morgan fingerprint density at radius 1 is 1.05 bits per heavy atom. The van der Waals surface area contributed by atoms with Crippen LogP contribution in [0.15, 0.2) is 48.5 Å². The molecule has 0 unspecified atom stereocenters. The van der Waals surface area contributed by atoms with E-state index in [0.717, 1.165) is 18.4 Å². The van der Waals surface area contributed by atoms with Crippen molar-refractivity contribution in [3.8, 4) is 0 Å². The van der Waals surface area contributed by atoms with Gasteiger partial charge in [-0.15, -0.1) is 0 Å². The first-order chi connectivity index (χ1) is 9.22. The van der Waals surface area contributed by atoms with E-state index in [1.165, 1.54) is 23.3 Å². The molecule has 19 heavy (non-hydrogen) atoms. The van der Waals surface area contributed by atoms with E-state index in [2.05, 4.69) is 12.1 Å². The molecule has 0 N–H and O–H groups in total. The lowest BCUT2D eigenvalue weighted by atomic mass is 9.95. The van der Waals surface area contributed by atoms with Crippen molar-refractivity contribution < 1.29 is 9.18 Å². The molecule has 0 aromatic heterocycles. The summed E-state index contributed by atoms with van der Waals surface area (Å²) in [4.78, 5) is 12.3. The maximum atomic E-state index is 13.1. The molecule has 1 nitrogen and oxygen atoms in total. The number of Topliss-reactive ketones (excluding diaryl/α,β-unsaturated/α-hetero) is 1. The van der Waals surface area contributed by atoms with Gasteiger partial charge in [0.15, 0.2) is 0 Å². The third kappa shape index (κ3) is 2.58. The van der Waals surface area contributed by atoms with Gasteiger partial charge in [0.2, 0.25) is 0 Å². The first-order valence-corrected chi connectivity index (χ1v) is 6.56. The Labute approximate surface area is 112 Å². The Balaban J connectivity index is 1.70. The Morgan fingerprint density at radius 3 is 2.37 bits per heavy atom. The SMILES string of the molecule is O=C(Cc1cccc(F)c1)C1Cc2ccccc2C1. The summed E-state index contributed by atoms with van der Waals surface area (Å²) in [7, 11) is 0. The van der Waals surface area contributed by atoms with Gasteiger partial charge in [-0.3, -0.25) is 4.79 Å². The summed E-state index contributed by atoms with van der Waals surface area (Å²) in [6, 6.07) is 14.5. The highest BCUT2D eigenvalue weighted by Gasteiger charge is 2.26. The van der Waals surface area contributed by atoms with Gasteiger partial charge in [0.25, 0.3) is 0 Å². The molecule has 0 heterocycles. The number of rotatable bonds is 3. The molecular weight excluding hydrogens is 239 g/mol. The predicted molar refractivity (Wildman–Crippen MR) is 72.5 cm³/mol. The van der Waals surface area contributed by atoms with Crippen LogP contribution < -0.4 is 0 Å². The molecule has 2 aromatic rings. The molecule has 0 spiro atoms. The first kappa shape index (κ1) is 12.1. The van der Waals surface area contributed by atoms with E-state index >= 15 is 0 Å². The largest absolute Gasteiger partial charge is 0.299 e. The van der Waals surface area contributed by atoms with E-state index in [0.29, 0.717) is 6.42 Å². The van der Waals surface area contributed by atoms with Gasteiger partial charge in [0.05, 0.1) is 0 Å². The van der Waals surface area contributed by atoms with E-state index < -0.39 is 0 Å². The van der Waals surface area contributed by atoms with Crippen molar-refractivity contribution in [2.75, 3.05) is 0 Å². The van der Waals surface area contributed by atoms with Crippen LogP contribution in [0.2, 0.25) is 0 Å². The Morgan fingerprint density at radius 2 is 1.74 bits per heavy atom. The van der Waals surface area contributed by atoms with Crippen LogP contribution in [0.4, 0.5) is 4.39 Å². The zero-order valence-electron chi connectivity index (χ0n) is 10.6. The van der Waals surface area contributed by atoms with E-state index in [1.54, 1.807) is 6.07 Å². The van der Waals surface area contributed by atoms with Gasteiger partial charge in [0, 0.05) is 12.3 Å². The maximum absolute atomic E-state index is 13.1. The number of benzene rings is 2. The average molecular weight is 254 g/mol. The third-order valence-electron chi connectivity index (χ3n) is 3.77. The Hall–Kier alpha value is -1.96. The Kier molecular flexibility index (Phi) is 3.16. The molecule has 3 rings (SSSR count). The highest BCUT2D eigenvalue weighted by Crippen LogP contribution is 2.27. The summed E-state index contributed by atoms with van der Waals surface area (Å²) in [6.07, 6.45) is 1.98. The van der Waals surface area contributed by atoms with Crippen LogP contribution in [0.25, 0.3) is 0 Å². The number of halogens is 1. The van der Waals surface area contributed by atoms with Crippen molar-refractivity contribution in [1.82, 2.24) is 0 Å². The van der Waals surface area contributed by atoms with Gasteiger partial charge in [-0.1, -0.05) is 36.4 Å². The maximum Gasteiger partial charge on any atom is 0.140 e. The lowest BCUT2D eigenvalue weighted by molar-refractivity contribution is -0.121. The molecule has 0 radical (unpaired) electrons. The summed E-state index contributed by atoms with van der Waals surface area (Å²) in [5, 5.41) is 0. The number of hydrogen-bond acceptors (Lipinski definition) is 1. The van der Waals surface area contributed by atoms with Gasteiger partial charge in [0.1, 0.15) is 11.6 Å². The lowest BCUT2D eigenvalue weighted by Crippen LogP contribution is -2.17. The van der Waals surface area contributed by atoms with Gasteiger partial charge >= 0.3 is 0 Å². The highest BCUT2D eigenvalue weighted by molar-refractivity contribution is 5.84. The van der Waals surface area contributed by atoms with E-state index in [9.17, 15) is 9.18 Å². The van der Waals surface area contributed by atoms with Crippen LogP contribution in [0.3, 0.4) is 0 Å². The fourth-order valence-electron chi connectivity index (χ4n) is 2.78. The van der Waals surface area contributed by atoms with Crippen LogP contribution in [0, 0.1) is 11.7 Å². The monoisotopic (exact) mass is 254 g/mol. The van der Waals surface area contributed by atoms with Crippen molar-refractivity contribution in [2.45, 2.75) is 19.3 Å². The smallest absolute Gasteiger partial charge is 0.140 e. The molecule has 1 aliphatic carbocycles. The average Bonchev–Trinajstić information content (AvgIpc) is 2.82. The van der Waals surface area contributed by atoms with E-state index in [4.69, 9.17) is 0 Å². The molecule has 0 atom stereocenters. The number of carbonyl (C=O) groups excluding carboxylic acids is 1. The number of ketones is 1. The molecule has 0 saturated heterocycles. The van der Waals surface area contributed by atoms with Crippen LogP contribution in [-0.4, -0.2) is 5.78 Å². The first-order valence-electron chi connectivity index (χ1n) is 6.56. The molecule has 0 saturated carbocycles. The Bertz CT molecular complexity index is 593. The van der Waals surface area contributed by atoms with Crippen LogP contribution >= 0.6 is 0 Å². The molecule has 2 heteroatoms. The van der Waals surface area contributed by atoms with E-state index in [1.807, 2.05) is 18.2 Å². The van der Waals surface area contributed by atoms with Gasteiger partial charge in [-0.2, -0.15) is 0 Å². The molecule has 0 aliphatic heterocycles. The third-order valence-corrected chi connectivity index (χ3v) is 3.77. The molecule has 0 bridgehead atoms. The second-order valence-corrected chi connectivity index (χ2v) is 5.15. The fraction of sp³-hybridized carbons (Fsp3) is 0.235. The number of hydrogen-bond donors (Lipinski definition) is 0. The van der Waals surface area contributed by atoms with Crippen molar-refractivity contribution in [3.63, 3.8) is 0 Å². The zero-order valence-corrected chi connectivity index (χ0v) is 10.6. The molecule has 2 aromatic carbocycles. The molecule has 0 amide bonds. The van der Waals surface area contributed by atoms with Gasteiger partial charge < -0.3 is 0 Å². The van der Waals surface area contributed by atoms with Crippen LogP contribution in [0.1, 0.15) is 16.7 Å². The lowest BCUT2D eigenvalue weighted by Gasteiger charge is -2.08. The molecule has 1 aliphatic rings. The minimum absolute atomic E-state index is 0.0562. The van der Waals surface area contributed by atoms with Crippen LogP contribution in [-0.2, 0) is 24.1 Å². The number of carbonyl (C=O) groups is 1. The van der Waals surface area contributed by atoms with Crippen molar-refractivity contribution >= 4 is 5.78 Å².